The zero-order chi connectivity index (χ0) is 18.2. The molecule has 5 heterocycles. The third-order valence-corrected chi connectivity index (χ3v) is 6.56. The Morgan fingerprint density at radius 3 is 2.85 bits per heavy atom. The fourth-order valence-corrected chi connectivity index (χ4v) is 5.03. The van der Waals surface area contributed by atoms with Gasteiger partial charge in [0, 0.05) is 28.0 Å². The van der Waals surface area contributed by atoms with Crippen LogP contribution < -0.4 is 0 Å². The molecular formula is C20H17N3O2S2. The predicted molar refractivity (Wildman–Crippen MR) is 108 cm³/mol. The lowest BCUT2D eigenvalue weighted by molar-refractivity contribution is -0.184. The number of aromatic nitrogens is 3. The number of pyridine rings is 2. The number of hydrogen-bond donors (Lipinski definition) is 0. The molecule has 1 aliphatic rings. The van der Waals surface area contributed by atoms with Crippen molar-refractivity contribution in [2.24, 2.45) is 0 Å². The van der Waals surface area contributed by atoms with E-state index >= 15 is 0 Å². The lowest BCUT2D eigenvalue weighted by Crippen LogP contribution is -2.19. The van der Waals surface area contributed by atoms with E-state index in [2.05, 4.69) is 22.5 Å². The Labute approximate surface area is 164 Å². The van der Waals surface area contributed by atoms with Crippen LogP contribution in [-0.4, -0.2) is 28.2 Å². The van der Waals surface area contributed by atoms with E-state index in [0.29, 0.717) is 13.2 Å². The van der Waals surface area contributed by atoms with Crippen molar-refractivity contribution >= 4 is 32.8 Å². The van der Waals surface area contributed by atoms with Gasteiger partial charge in [0.15, 0.2) is 0 Å². The smallest absolute Gasteiger partial charge is 0.201 e. The average Bonchev–Trinajstić information content (AvgIpc) is 3.35. The van der Waals surface area contributed by atoms with Gasteiger partial charge in [-0.05, 0) is 43.0 Å². The van der Waals surface area contributed by atoms with Crippen molar-refractivity contribution in [3.8, 4) is 21.1 Å². The normalized spacial score (nSPS) is 15.4. The van der Waals surface area contributed by atoms with Crippen LogP contribution in [0.3, 0.4) is 0 Å². The second kappa shape index (κ2) is 7.09. The number of hydrogen-bond acceptors (Lipinski definition) is 7. The first kappa shape index (κ1) is 16.9. The molecule has 27 heavy (non-hydrogen) atoms. The molecular weight excluding hydrogens is 378 g/mol. The quantitative estimate of drug-likeness (QED) is 0.476. The standard InChI is InChI=1S/C20H17N3O2S2/c1-12-18(27-19(22-12)13-4-2-6-21-11-13)15-10-16-14(5-9-26-16)17(23-15)20-24-7-3-8-25-20/h2,4-6,9-11,20H,3,7-8H2,1H3. The minimum absolute atomic E-state index is 0.401. The number of fused-ring (bicyclic) bond motifs is 1. The highest BCUT2D eigenvalue weighted by Crippen LogP contribution is 2.38. The van der Waals surface area contributed by atoms with Crippen LogP contribution in [0.5, 0.6) is 0 Å². The summed E-state index contributed by atoms with van der Waals surface area (Å²) in [7, 11) is 0. The summed E-state index contributed by atoms with van der Waals surface area (Å²) in [4.78, 5) is 15.0. The first-order valence-corrected chi connectivity index (χ1v) is 10.5. The van der Waals surface area contributed by atoms with Gasteiger partial charge in [-0.25, -0.2) is 9.97 Å². The predicted octanol–water partition coefficient (Wildman–Crippen LogP) is 5.23. The Morgan fingerprint density at radius 2 is 2.04 bits per heavy atom. The number of nitrogens with zero attached hydrogens (tertiary/aromatic N) is 3. The fourth-order valence-electron chi connectivity index (χ4n) is 3.18. The monoisotopic (exact) mass is 395 g/mol. The Morgan fingerprint density at radius 1 is 1.15 bits per heavy atom. The Hall–Kier alpha value is -2.19. The molecule has 0 bridgehead atoms. The van der Waals surface area contributed by atoms with Crippen LogP contribution in [0.2, 0.25) is 0 Å². The van der Waals surface area contributed by atoms with Gasteiger partial charge in [-0.2, -0.15) is 0 Å². The van der Waals surface area contributed by atoms with Gasteiger partial charge in [0.2, 0.25) is 6.29 Å². The molecule has 0 unspecified atom stereocenters. The van der Waals surface area contributed by atoms with Gasteiger partial charge in [-0.3, -0.25) is 4.98 Å². The van der Waals surface area contributed by atoms with Gasteiger partial charge < -0.3 is 9.47 Å². The summed E-state index contributed by atoms with van der Waals surface area (Å²) < 4.78 is 12.9. The number of thiazole rings is 1. The molecule has 4 aromatic rings. The Bertz CT molecular complexity index is 1090. The summed E-state index contributed by atoms with van der Waals surface area (Å²) in [5.74, 6) is 0. The van der Waals surface area contributed by atoms with Crippen LogP contribution in [0.15, 0.2) is 42.0 Å². The van der Waals surface area contributed by atoms with Crippen molar-refractivity contribution in [2.45, 2.75) is 19.6 Å². The van der Waals surface area contributed by atoms with Crippen molar-refractivity contribution in [3.63, 3.8) is 0 Å². The van der Waals surface area contributed by atoms with Gasteiger partial charge in [0.05, 0.1) is 29.5 Å². The van der Waals surface area contributed by atoms with Crippen LogP contribution in [-0.2, 0) is 9.47 Å². The highest BCUT2D eigenvalue weighted by Gasteiger charge is 2.23. The molecule has 1 aliphatic heterocycles. The number of aryl methyl sites for hydroxylation is 1. The van der Waals surface area contributed by atoms with E-state index in [4.69, 9.17) is 19.4 Å². The van der Waals surface area contributed by atoms with Crippen LogP contribution in [0, 0.1) is 6.92 Å². The molecule has 7 heteroatoms. The number of ether oxygens (including phenoxy) is 2. The summed E-state index contributed by atoms with van der Waals surface area (Å²) in [6.07, 6.45) is 4.13. The summed E-state index contributed by atoms with van der Waals surface area (Å²) in [6.45, 7) is 3.43. The molecule has 0 spiro atoms. The molecule has 1 fully saturated rings. The third kappa shape index (κ3) is 3.17. The molecule has 0 atom stereocenters. The van der Waals surface area contributed by atoms with E-state index in [1.54, 1.807) is 28.9 Å². The Kier molecular flexibility index (Phi) is 4.45. The van der Waals surface area contributed by atoms with Crippen LogP contribution in [0.4, 0.5) is 0 Å². The molecule has 0 aliphatic carbocycles. The fraction of sp³-hybridized carbons (Fsp3) is 0.250. The second-order valence-corrected chi connectivity index (χ2v) is 8.27. The van der Waals surface area contributed by atoms with Crippen molar-refractivity contribution in [3.05, 3.63) is 53.4 Å². The maximum absolute atomic E-state index is 5.84. The molecule has 0 aromatic carbocycles. The zero-order valence-electron chi connectivity index (χ0n) is 14.7. The van der Waals surface area contributed by atoms with Gasteiger partial charge in [-0.1, -0.05) is 0 Å². The number of thiophene rings is 1. The van der Waals surface area contributed by atoms with E-state index in [0.717, 1.165) is 44.3 Å². The molecule has 0 radical (unpaired) electrons. The van der Waals surface area contributed by atoms with E-state index < -0.39 is 6.29 Å². The van der Waals surface area contributed by atoms with E-state index in [1.807, 2.05) is 25.3 Å². The van der Waals surface area contributed by atoms with Gasteiger partial charge >= 0.3 is 0 Å². The minimum Gasteiger partial charge on any atom is -0.347 e. The Balaban J connectivity index is 1.62. The molecule has 0 saturated carbocycles. The van der Waals surface area contributed by atoms with E-state index in [1.165, 1.54) is 4.70 Å². The lowest BCUT2D eigenvalue weighted by Gasteiger charge is -2.23. The SMILES string of the molecule is Cc1nc(-c2cccnc2)sc1-c1cc2sccc2c(C2OCCCO2)n1. The first-order valence-electron chi connectivity index (χ1n) is 8.79. The number of rotatable bonds is 3. The average molecular weight is 396 g/mol. The highest BCUT2D eigenvalue weighted by atomic mass is 32.1. The summed E-state index contributed by atoms with van der Waals surface area (Å²) in [5.41, 5.74) is 3.77. The maximum atomic E-state index is 5.84. The van der Waals surface area contributed by atoms with Gasteiger partial charge in [0.25, 0.3) is 0 Å². The third-order valence-electron chi connectivity index (χ3n) is 4.47. The van der Waals surface area contributed by atoms with Crippen molar-refractivity contribution in [1.82, 2.24) is 15.0 Å². The van der Waals surface area contributed by atoms with Crippen LogP contribution in [0.25, 0.3) is 31.2 Å². The summed E-state index contributed by atoms with van der Waals surface area (Å²) in [6, 6.07) is 8.19. The van der Waals surface area contributed by atoms with Gasteiger partial charge in [0.1, 0.15) is 10.7 Å². The zero-order valence-corrected chi connectivity index (χ0v) is 16.3. The van der Waals surface area contributed by atoms with Crippen LogP contribution in [0.1, 0.15) is 24.1 Å². The summed E-state index contributed by atoms with van der Waals surface area (Å²) >= 11 is 3.35. The van der Waals surface area contributed by atoms with E-state index in [-0.39, 0.29) is 0 Å². The lowest BCUT2D eigenvalue weighted by atomic mass is 10.2. The first-order chi connectivity index (χ1) is 13.3. The molecule has 5 nitrogen and oxygen atoms in total. The molecule has 5 rings (SSSR count). The largest absolute Gasteiger partial charge is 0.347 e. The van der Waals surface area contributed by atoms with Crippen molar-refractivity contribution in [2.75, 3.05) is 13.2 Å². The van der Waals surface area contributed by atoms with Crippen LogP contribution >= 0.6 is 22.7 Å². The van der Waals surface area contributed by atoms with Gasteiger partial charge in [-0.15, -0.1) is 22.7 Å². The molecule has 4 aromatic heterocycles. The molecule has 0 N–H and O–H groups in total. The van der Waals surface area contributed by atoms with Crippen molar-refractivity contribution < 1.29 is 9.47 Å². The van der Waals surface area contributed by atoms with Crippen molar-refractivity contribution in [1.29, 1.82) is 0 Å². The molecule has 136 valence electrons. The highest BCUT2D eigenvalue weighted by molar-refractivity contribution is 7.19. The molecule has 0 amide bonds. The van der Waals surface area contributed by atoms with E-state index in [9.17, 15) is 0 Å². The maximum Gasteiger partial charge on any atom is 0.201 e. The summed E-state index contributed by atoms with van der Waals surface area (Å²) in [5, 5.41) is 4.14. The molecule has 1 saturated heterocycles. The minimum atomic E-state index is -0.401. The second-order valence-electron chi connectivity index (χ2n) is 6.33. The topological polar surface area (TPSA) is 57.1 Å².